The molecule has 0 heterocycles. The van der Waals surface area contributed by atoms with Crippen LogP contribution in [0.3, 0.4) is 0 Å². The number of nitrogens with one attached hydrogen (secondary N) is 1. The molecule has 0 saturated heterocycles. The first-order valence-electron chi connectivity index (χ1n) is 6.46. The monoisotopic (exact) mass is 361 g/mol. The first-order chi connectivity index (χ1) is 10.7. The Kier molecular flexibility index (Phi) is 4.71. The molecule has 0 saturated carbocycles. The Bertz CT molecular complexity index is 924. The molecule has 0 amide bonds. The largest absolute Gasteiger partial charge is 0.280 e. The summed E-state index contributed by atoms with van der Waals surface area (Å²) >= 11 is 0. The van der Waals surface area contributed by atoms with E-state index < -0.39 is 36.4 Å². The van der Waals surface area contributed by atoms with Crippen LogP contribution < -0.4 is 4.72 Å². The zero-order chi connectivity index (χ0) is 17.3. The van der Waals surface area contributed by atoms with Gasteiger partial charge in [-0.25, -0.2) is 25.6 Å². The molecule has 124 valence electrons. The number of halogens is 2. The van der Waals surface area contributed by atoms with Gasteiger partial charge in [-0.15, -0.1) is 0 Å². The summed E-state index contributed by atoms with van der Waals surface area (Å²) < 4.78 is 75.7. The Hall–Kier alpha value is -2.00. The van der Waals surface area contributed by atoms with Crippen molar-refractivity contribution in [2.75, 3.05) is 10.5 Å². The van der Waals surface area contributed by atoms with Crippen LogP contribution in [0, 0.1) is 11.6 Å². The van der Waals surface area contributed by atoms with E-state index in [9.17, 15) is 25.6 Å². The maximum Gasteiger partial charge on any atom is 0.261 e. The third-order valence-electron chi connectivity index (χ3n) is 3.05. The SMILES string of the molecule is CCS(=O)(=O)c1ccc(NS(=O)(=O)c2ccc(F)c(F)c2)cc1. The molecule has 0 fully saturated rings. The van der Waals surface area contributed by atoms with E-state index in [0.29, 0.717) is 12.1 Å². The summed E-state index contributed by atoms with van der Waals surface area (Å²) in [5.74, 6) is -2.51. The Morgan fingerprint density at radius 3 is 1.96 bits per heavy atom. The van der Waals surface area contributed by atoms with E-state index in [-0.39, 0.29) is 16.3 Å². The number of sulfonamides is 1. The minimum absolute atomic E-state index is 0.0655. The molecule has 0 bridgehead atoms. The van der Waals surface area contributed by atoms with Crippen LogP contribution in [0.25, 0.3) is 0 Å². The third kappa shape index (κ3) is 3.85. The van der Waals surface area contributed by atoms with Crippen LogP contribution in [0.5, 0.6) is 0 Å². The minimum atomic E-state index is -4.11. The molecule has 2 aromatic carbocycles. The molecule has 0 aliphatic rings. The normalized spacial score (nSPS) is 12.1. The second kappa shape index (κ2) is 6.25. The molecule has 9 heteroatoms. The van der Waals surface area contributed by atoms with Gasteiger partial charge < -0.3 is 0 Å². The van der Waals surface area contributed by atoms with Gasteiger partial charge in [0, 0.05) is 5.69 Å². The highest BCUT2D eigenvalue weighted by Gasteiger charge is 2.17. The zero-order valence-electron chi connectivity index (χ0n) is 12.0. The maximum atomic E-state index is 13.1. The van der Waals surface area contributed by atoms with Crippen LogP contribution in [0.15, 0.2) is 52.3 Å². The van der Waals surface area contributed by atoms with Crippen LogP contribution in [0.2, 0.25) is 0 Å². The molecule has 2 rings (SSSR count). The number of rotatable bonds is 5. The lowest BCUT2D eigenvalue weighted by atomic mass is 10.3. The van der Waals surface area contributed by atoms with Gasteiger partial charge in [0.25, 0.3) is 10.0 Å². The van der Waals surface area contributed by atoms with Crippen molar-refractivity contribution in [3.63, 3.8) is 0 Å². The molecule has 1 N–H and O–H groups in total. The molecule has 0 spiro atoms. The predicted octanol–water partition coefficient (Wildman–Crippen LogP) is 2.56. The van der Waals surface area contributed by atoms with E-state index >= 15 is 0 Å². The van der Waals surface area contributed by atoms with E-state index in [4.69, 9.17) is 0 Å². The van der Waals surface area contributed by atoms with E-state index in [1.807, 2.05) is 0 Å². The molecule has 0 aliphatic heterocycles. The fourth-order valence-corrected chi connectivity index (χ4v) is 3.71. The van der Waals surface area contributed by atoms with Crippen molar-refractivity contribution in [1.82, 2.24) is 0 Å². The second-order valence-electron chi connectivity index (χ2n) is 4.61. The van der Waals surface area contributed by atoms with Crippen LogP contribution >= 0.6 is 0 Å². The van der Waals surface area contributed by atoms with Gasteiger partial charge in [0.15, 0.2) is 21.5 Å². The van der Waals surface area contributed by atoms with Gasteiger partial charge in [-0.1, -0.05) is 6.92 Å². The standard InChI is InChI=1S/C14H13F2NO4S2/c1-2-22(18,19)11-5-3-10(4-6-11)17-23(20,21)12-7-8-13(15)14(16)9-12/h3-9,17H,2H2,1H3. The van der Waals surface area contributed by atoms with Crippen molar-refractivity contribution >= 4 is 25.5 Å². The summed E-state index contributed by atoms with van der Waals surface area (Å²) in [6, 6.07) is 7.29. The highest BCUT2D eigenvalue weighted by atomic mass is 32.2. The topological polar surface area (TPSA) is 80.3 Å². The van der Waals surface area contributed by atoms with Gasteiger partial charge in [-0.2, -0.15) is 0 Å². The maximum absolute atomic E-state index is 13.1. The van der Waals surface area contributed by atoms with E-state index in [1.54, 1.807) is 0 Å². The van der Waals surface area contributed by atoms with Crippen LogP contribution in [0.4, 0.5) is 14.5 Å². The number of hydrogen-bond acceptors (Lipinski definition) is 4. The molecule has 0 atom stereocenters. The average Bonchev–Trinajstić information content (AvgIpc) is 2.50. The van der Waals surface area contributed by atoms with Gasteiger partial charge in [-0.3, -0.25) is 4.72 Å². The van der Waals surface area contributed by atoms with Crippen molar-refractivity contribution in [2.24, 2.45) is 0 Å². The molecule has 0 radical (unpaired) electrons. The van der Waals surface area contributed by atoms with Crippen molar-refractivity contribution in [1.29, 1.82) is 0 Å². The summed E-state index contributed by atoms with van der Waals surface area (Å²) in [6.07, 6.45) is 0. The molecule has 0 aliphatic carbocycles. The molecular weight excluding hydrogens is 348 g/mol. The van der Waals surface area contributed by atoms with Gasteiger partial charge in [0.1, 0.15) is 0 Å². The van der Waals surface area contributed by atoms with E-state index in [0.717, 1.165) is 6.07 Å². The molecule has 2 aromatic rings. The fourth-order valence-electron chi connectivity index (χ4n) is 1.76. The Labute approximate surface area is 132 Å². The van der Waals surface area contributed by atoms with Crippen molar-refractivity contribution in [3.8, 4) is 0 Å². The predicted molar refractivity (Wildman–Crippen MR) is 81.3 cm³/mol. The Morgan fingerprint density at radius 1 is 0.870 bits per heavy atom. The lowest BCUT2D eigenvalue weighted by Gasteiger charge is -2.09. The highest BCUT2D eigenvalue weighted by molar-refractivity contribution is 7.92. The second-order valence-corrected chi connectivity index (χ2v) is 8.57. The lowest BCUT2D eigenvalue weighted by molar-refractivity contribution is 0.504. The number of benzene rings is 2. The summed E-state index contributed by atoms with van der Waals surface area (Å²) in [6.45, 7) is 1.50. The summed E-state index contributed by atoms with van der Waals surface area (Å²) in [7, 11) is -7.50. The minimum Gasteiger partial charge on any atom is -0.280 e. The number of sulfone groups is 1. The summed E-state index contributed by atoms with van der Waals surface area (Å²) in [5.41, 5.74) is 0.102. The van der Waals surface area contributed by atoms with Crippen molar-refractivity contribution < 1.29 is 25.6 Å². The molecule has 0 aromatic heterocycles. The average molecular weight is 361 g/mol. The van der Waals surface area contributed by atoms with Gasteiger partial charge in [0.2, 0.25) is 0 Å². The number of hydrogen-bond donors (Lipinski definition) is 1. The molecule has 0 unspecified atom stereocenters. The van der Waals surface area contributed by atoms with Gasteiger partial charge in [-0.05, 0) is 42.5 Å². The lowest BCUT2D eigenvalue weighted by Crippen LogP contribution is -2.13. The number of anilines is 1. The fraction of sp³-hybridized carbons (Fsp3) is 0.143. The molecular formula is C14H13F2NO4S2. The molecule has 5 nitrogen and oxygen atoms in total. The van der Waals surface area contributed by atoms with Crippen LogP contribution in [-0.2, 0) is 19.9 Å². The summed E-state index contributed by atoms with van der Waals surface area (Å²) in [5, 5.41) is 0. The molecule has 23 heavy (non-hydrogen) atoms. The quantitative estimate of drug-likeness (QED) is 0.888. The zero-order valence-corrected chi connectivity index (χ0v) is 13.6. The van der Waals surface area contributed by atoms with E-state index in [1.165, 1.54) is 31.2 Å². The first kappa shape index (κ1) is 17.4. The highest BCUT2D eigenvalue weighted by Crippen LogP contribution is 2.20. The van der Waals surface area contributed by atoms with Crippen LogP contribution in [0.1, 0.15) is 6.92 Å². The Balaban J connectivity index is 2.29. The van der Waals surface area contributed by atoms with E-state index in [2.05, 4.69) is 4.72 Å². The summed E-state index contributed by atoms with van der Waals surface area (Å²) in [4.78, 5) is -0.377. The third-order valence-corrected chi connectivity index (χ3v) is 6.18. The van der Waals surface area contributed by atoms with Crippen LogP contribution in [-0.4, -0.2) is 22.6 Å². The smallest absolute Gasteiger partial charge is 0.261 e. The first-order valence-corrected chi connectivity index (χ1v) is 9.60. The Morgan fingerprint density at radius 2 is 1.43 bits per heavy atom. The van der Waals surface area contributed by atoms with Crippen molar-refractivity contribution in [2.45, 2.75) is 16.7 Å². The van der Waals surface area contributed by atoms with Gasteiger partial charge >= 0.3 is 0 Å². The van der Waals surface area contributed by atoms with Crippen molar-refractivity contribution in [3.05, 3.63) is 54.1 Å². The van der Waals surface area contributed by atoms with Gasteiger partial charge in [0.05, 0.1) is 15.5 Å².